The fourth-order valence-corrected chi connectivity index (χ4v) is 5.45. The molecule has 2 heterocycles. The summed E-state index contributed by atoms with van der Waals surface area (Å²) in [7, 11) is 3.16. The molecule has 0 bridgehead atoms. The summed E-state index contributed by atoms with van der Waals surface area (Å²) in [5.41, 5.74) is 0.438. The van der Waals surface area contributed by atoms with E-state index >= 15 is 0 Å². The molecular formula is C26H38N4O5S. The van der Waals surface area contributed by atoms with Crippen molar-refractivity contribution in [1.29, 1.82) is 0 Å². The van der Waals surface area contributed by atoms with Crippen LogP contribution in [-0.2, 0) is 16.1 Å². The van der Waals surface area contributed by atoms with Crippen LogP contribution < -0.4 is 20.1 Å². The van der Waals surface area contributed by atoms with Gasteiger partial charge in [-0.05, 0) is 42.8 Å². The number of carbonyl (C=O) groups is 1. The summed E-state index contributed by atoms with van der Waals surface area (Å²) in [6.45, 7) is 1.89. The second kappa shape index (κ2) is 12.5. The van der Waals surface area contributed by atoms with Crippen molar-refractivity contribution >= 4 is 29.3 Å². The number of likely N-dealkylation sites (tertiary alicyclic amines) is 1. The fraction of sp³-hybridized carbons (Fsp3) is 0.654. The molecule has 198 valence electrons. The van der Waals surface area contributed by atoms with E-state index in [2.05, 4.69) is 20.7 Å². The van der Waals surface area contributed by atoms with Crippen LogP contribution in [0.25, 0.3) is 0 Å². The molecule has 1 aromatic rings. The second-order valence-electron chi connectivity index (χ2n) is 9.85. The summed E-state index contributed by atoms with van der Waals surface area (Å²) in [5.74, 6) is 1.55. The third kappa shape index (κ3) is 6.93. The lowest BCUT2D eigenvalue weighted by Gasteiger charge is -2.39. The zero-order valence-electron chi connectivity index (χ0n) is 21.3. The predicted octanol–water partition coefficient (Wildman–Crippen LogP) is 4.49. The first kappa shape index (κ1) is 26.3. The SMILES string of the molecule is COc1ccc(CNC(=O)OC2=NOC3(CCN(C(=S)NC4CCCCCCC4)CC3)C2)cc1OC. The van der Waals surface area contributed by atoms with E-state index in [-0.39, 0.29) is 0 Å². The molecule has 4 rings (SSSR count). The minimum Gasteiger partial charge on any atom is -0.493 e. The van der Waals surface area contributed by atoms with Crippen LogP contribution in [0.2, 0.25) is 0 Å². The molecule has 1 aromatic carbocycles. The van der Waals surface area contributed by atoms with E-state index in [1.165, 1.54) is 44.9 Å². The number of carbonyl (C=O) groups excluding carboxylic acids is 1. The van der Waals surface area contributed by atoms with Crippen molar-refractivity contribution in [1.82, 2.24) is 15.5 Å². The lowest BCUT2D eigenvalue weighted by atomic mass is 9.88. The number of ether oxygens (including phenoxy) is 3. The number of piperidine rings is 1. The van der Waals surface area contributed by atoms with Crippen LogP contribution in [0.3, 0.4) is 0 Å². The minimum atomic E-state index is -0.564. The molecular weight excluding hydrogens is 480 g/mol. The van der Waals surface area contributed by atoms with E-state index in [4.69, 9.17) is 31.3 Å². The molecule has 36 heavy (non-hydrogen) atoms. The number of hydrogen-bond acceptors (Lipinski definition) is 7. The van der Waals surface area contributed by atoms with Crippen LogP contribution in [0.1, 0.15) is 69.8 Å². The van der Waals surface area contributed by atoms with Crippen LogP contribution in [0, 0.1) is 0 Å². The maximum atomic E-state index is 12.3. The summed E-state index contributed by atoms with van der Waals surface area (Å²) in [6, 6.07) is 5.95. The van der Waals surface area contributed by atoms with E-state index in [0.29, 0.717) is 36.4 Å². The van der Waals surface area contributed by atoms with E-state index in [0.717, 1.165) is 36.6 Å². The van der Waals surface area contributed by atoms with Crippen LogP contribution in [0.4, 0.5) is 4.79 Å². The second-order valence-corrected chi connectivity index (χ2v) is 10.2. The number of nitrogens with zero attached hydrogens (tertiary/aromatic N) is 2. The first-order valence-corrected chi connectivity index (χ1v) is 13.4. The van der Waals surface area contributed by atoms with Gasteiger partial charge in [0.2, 0.25) is 5.90 Å². The normalized spacial score (nSPS) is 19.9. The number of amides is 1. The molecule has 1 saturated carbocycles. The highest BCUT2D eigenvalue weighted by molar-refractivity contribution is 7.80. The minimum absolute atomic E-state index is 0.291. The molecule has 2 aliphatic heterocycles. The van der Waals surface area contributed by atoms with E-state index in [9.17, 15) is 4.79 Å². The topological polar surface area (TPSA) is 93.7 Å². The summed E-state index contributed by atoms with van der Waals surface area (Å²) in [4.78, 5) is 20.4. The first-order valence-electron chi connectivity index (χ1n) is 13.0. The molecule has 1 amide bonds. The lowest BCUT2D eigenvalue weighted by molar-refractivity contribution is -0.0525. The summed E-state index contributed by atoms with van der Waals surface area (Å²) in [5, 5.41) is 11.3. The van der Waals surface area contributed by atoms with E-state index in [1.54, 1.807) is 20.3 Å². The first-order chi connectivity index (χ1) is 17.5. The van der Waals surface area contributed by atoms with Gasteiger partial charge in [0.1, 0.15) is 5.60 Å². The van der Waals surface area contributed by atoms with Gasteiger partial charge in [-0.1, -0.05) is 43.3 Å². The number of rotatable bonds is 5. The van der Waals surface area contributed by atoms with Crippen molar-refractivity contribution in [2.75, 3.05) is 27.3 Å². The van der Waals surface area contributed by atoms with Crippen LogP contribution in [0.15, 0.2) is 23.4 Å². The Balaban J connectivity index is 1.18. The molecule has 0 aromatic heterocycles. The number of nitrogens with one attached hydrogen (secondary N) is 2. The van der Waals surface area contributed by atoms with Crippen molar-refractivity contribution in [2.45, 2.75) is 82.4 Å². The number of hydrogen-bond donors (Lipinski definition) is 2. The smallest absolute Gasteiger partial charge is 0.414 e. The van der Waals surface area contributed by atoms with Gasteiger partial charge < -0.3 is 34.6 Å². The van der Waals surface area contributed by atoms with Gasteiger partial charge in [-0.3, -0.25) is 0 Å². The number of alkyl carbamates (subject to hydrolysis) is 1. The fourth-order valence-electron chi connectivity index (χ4n) is 5.10. The number of oxime groups is 1. The van der Waals surface area contributed by atoms with Crippen molar-refractivity contribution in [3.8, 4) is 11.5 Å². The van der Waals surface area contributed by atoms with Crippen LogP contribution in [-0.4, -0.2) is 61.0 Å². The molecule has 0 unspecified atom stereocenters. The van der Waals surface area contributed by atoms with E-state index in [1.807, 2.05) is 12.1 Å². The molecule has 2 fully saturated rings. The lowest BCUT2D eigenvalue weighted by Crippen LogP contribution is -2.51. The largest absolute Gasteiger partial charge is 0.493 e. The molecule has 0 radical (unpaired) electrons. The van der Waals surface area contributed by atoms with Gasteiger partial charge in [-0.25, -0.2) is 4.79 Å². The average molecular weight is 519 g/mol. The number of thiocarbonyl (C=S) groups is 1. The summed E-state index contributed by atoms with van der Waals surface area (Å²) >= 11 is 5.73. The Labute approximate surface area is 218 Å². The van der Waals surface area contributed by atoms with Gasteiger partial charge in [-0.15, -0.1) is 0 Å². The van der Waals surface area contributed by atoms with Gasteiger partial charge in [0.25, 0.3) is 0 Å². The number of benzene rings is 1. The van der Waals surface area contributed by atoms with Gasteiger partial charge in [0, 0.05) is 38.5 Å². The van der Waals surface area contributed by atoms with Gasteiger partial charge in [-0.2, -0.15) is 0 Å². The number of methoxy groups -OCH3 is 2. The summed E-state index contributed by atoms with van der Waals surface area (Å²) < 4.78 is 16.0. The molecule has 1 aliphatic carbocycles. The standard InChI is InChI=1S/C26H38N4O5S/c1-32-21-11-10-19(16-22(21)33-2)18-27-25(31)34-23-17-26(35-29-23)12-14-30(15-13-26)24(36)28-20-8-6-4-3-5-7-9-20/h10-11,16,20H,3-9,12-15,17-18H2,1-2H3,(H,27,31)(H,28,36). The highest BCUT2D eigenvalue weighted by Crippen LogP contribution is 2.35. The van der Waals surface area contributed by atoms with E-state index < -0.39 is 11.7 Å². The maximum Gasteiger partial charge on any atom is 0.414 e. The Morgan fingerprint density at radius 3 is 2.50 bits per heavy atom. The molecule has 9 nitrogen and oxygen atoms in total. The highest BCUT2D eigenvalue weighted by atomic mass is 32.1. The molecule has 1 saturated heterocycles. The Bertz CT molecular complexity index is 940. The predicted molar refractivity (Wildman–Crippen MR) is 141 cm³/mol. The quantitative estimate of drug-likeness (QED) is 0.551. The molecule has 3 aliphatic rings. The van der Waals surface area contributed by atoms with Gasteiger partial charge in [0.05, 0.1) is 20.6 Å². The van der Waals surface area contributed by atoms with Crippen molar-refractivity contribution in [2.24, 2.45) is 5.16 Å². The van der Waals surface area contributed by atoms with Crippen molar-refractivity contribution < 1.29 is 23.8 Å². The Kier molecular flexibility index (Phi) is 9.12. The third-order valence-corrected chi connectivity index (χ3v) is 7.68. The molecule has 10 heteroatoms. The Morgan fingerprint density at radius 1 is 1.11 bits per heavy atom. The zero-order chi connectivity index (χ0) is 25.4. The van der Waals surface area contributed by atoms with Crippen LogP contribution >= 0.6 is 12.2 Å². The maximum absolute atomic E-state index is 12.3. The average Bonchev–Trinajstić information content (AvgIpc) is 3.25. The van der Waals surface area contributed by atoms with Gasteiger partial charge in [0.15, 0.2) is 16.6 Å². The zero-order valence-corrected chi connectivity index (χ0v) is 22.2. The Hall–Kier alpha value is -2.75. The summed E-state index contributed by atoms with van der Waals surface area (Å²) in [6.07, 6.45) is 10.4. The van der Waals surface area contributed by atoms with Crippen LogP contribution in [0.5, 0.6) is 11.5 Å². The van der Waals surface area contributed by atoms with Gasteiger partial charge >= 0.3 is 6.09 Å². The monoisotopic (exact) mass is 518 g/mol. The highest BCUT2D eigenvalue weighted by Gasteiger charge is 2.44. The third-order valence-electron chi connectivity index (χ3n) is 7.30. The van der Waals surface area contributed by atoms with Crippen molar-refractivity contribution in [3.63, 3.8) is 0 Å². The molecule has 1 spiro atoms. The molecule has 2 N–H and O–H groups in total. The molecule has 0 atom stereocenters. The van der Waals surface area contributed by atoms with Crippen molar-refractivity contribution in [3.05, 3.63) is 23.8 Å². The Morgan fingerprint density at radius 2 is 1.81 bits per heavy atom.